The quantitative estimate of drug-likeness (QED) is 0.324. The molecule has 0 bridgehead atoms. The van der Waals surface area contributed by atoms with Gasteiger partial charge in [-0.2, -0.15) is 8.78 Å². The van der Waals surface area contributed by atoms with Crippen molar-refractivity contribution in [1.82, 2.24) is 0 Å². The molecule has 4 aromatic carbocycles. The second-order valence-corrected chi connectivity index (χ2v) is 7.17. The van der Waals surface area contributed by atoms with Gasteiger partial charge in [-0.1, -0.05) is 78.9 Å². The lowest BCUT2D eigenvalue weighted by molar-refractivity contribution is 0.0384. The van der Waals surface area contributed by atoms with Gasteiger partial charge < -0.3 is 4.74 Å². The number of carbonyl (C=O) groups is 1. The second kappa shape index (κ2) is 8.52. The molecule has 2 nitrogen and oxygen atoms in total. The van der Waals surface area contributed by atoms with E-state index < -0.39 is 11.7 Å². The fourth-order valence-electron chi connectivity index (χ4n) is 3.50. The summed E-state index contributed by atoms with van der Waals surface area (Å²) >= 11 is 0. The molecule has 4 heteroatoms. The Balaban J connectivity index is 1.83. The number of halogens is 2. The van der Waals surface area contributed by atoms with Crippen LogP contribution in [0.5, 0.6) is 5.75 Å². The summed E-state index contributed by atoms with van der Waals surface area (Å²) in [4.78, 5) is 12.5. The summed E-state index contributed by atoms with van der Waals surface area (Å²) < 4.78 is 35.4. The van der Waals surface area contributed by atoms with Crippen LogP contribution in [0.25, 0.3) is 16.3 Å². The molecule has 4 aromatic rings. The fraction of sp³-hybridized carbons (Fsp3) is 0.0741. The van der Waals surface area contributed by atoms with Crippen molar-refractivity contribution in [3.8, 4) is 5.75 Å². The number of fused-ring (bicyclic) bond motifs is 1. The van der Waals surface area contributed by atoms with Crippen molar-refractivity contribution in [3.63, 3.8) is 0 Å². The average Bonchev–Trinajstić information content (AvgIpc) is 2.82. The number of Topliss-reactive ketones (excluding diaryl/α,β-unsaturated/α-hetero) is 1. The van der Waals surface area contributed by atoms with Crippen molar-refractivity contribution in [3.05, 3.63) is 120 Å². The molecule has 0 aliphatic heterocycles. The van der Waals surface area contributed by atoms with Crippen molar-refractivity contribution in [2.24, 2.45) is 0 Å². The number of methoxy groups -OCH3 is 1. The minimum Gasteiger partial charge on any atom is -0.497 e. The van der Waals surface area contributed by atoms with Crippen LogP contribution in [0.1, 0.15) is 21.5 Å². The predicted molar refractivity (Wildman–Crippen MR) is 120 cm³/mol. The number of rotatable bonds is 6. The number of ether oxygens (including phenoxy) is 1. The molecule has 0 heterocycles. The maximum Gasteiger partial charge on any atom is 0.329 e. The van der Waals surface area contributed by atoms with E-state index in [0.29, 0.717) is 16.7 Å². The molecule has 31 heavy (non-hydrogen) atoms. The molecule has 0 amide bonds. The average molecular weight is 414 g/mol. The highest BCUT2D eigenvalue weighted by atomic mass is 19.3. The number of carbonyl (C=O) groups excluding carboxylic acids is 1. The molecular weight excluding hydrogens is 394 g/mol. The van der Waals surface area contributed by atoms with Gasteiger partial charge >= 0.3 is 5.92 Å². The molecule has 0 aromatic heterocycles. The van der Waals surface area contributed by atoms with Crippen LogP contribution in [-0.4, -0.2) is 18.8 Å². The van der Waals surface area contributed by atoms with E-state index >= 15 is 8.78 Å². The number of hydrogen-bond acceptors (Lipinski definition) is 2. The van der Waals surface area contributed by atoms with Crippen molar-refractivity contribution >= 4 is 22.1 Å². The van der Waals surface area contributed by atoms with Crippen molar-refractivity contribution < 1.29 is 18.3 Å². The zero-order valence-corrected chi connectivity index (χ0v) is 16.9. The Morgan fingerprint density at radius 1 is 0.742 bits per heavy atom. The zero-order chi connectivity index (χ0) is 21.8. The third-order valence-corrected chi connectivity index (χ3v) is 5.11. The Morgan fingerprint density at radius 3 is 1.97 bits per heavy atom. The van der Waals surface area contributed by atoms with Crippen LogP contribution in [0.4, 0.5) is 8.78 Å². The van der Waals surface area contributed by atoms with Crippen LogP contribution in [0, 0.1) is 0 Å². The normalized spacial score (nSPS) is 12.0. The molecule has 154 valence electrons. The van der Waals surface area contributed by atoms with Crippen LogP contribution < -0.4 is 4.74 Å². The van der Waals surface area contributed by atoms with E-state index in [1.807, 2.05) is 36.4 Å². The van der Waals surface area contributed by atoms with Crippen LogP contribution in [0.2, 0.25) is 0 Å². The molecule has 0 saturated heterocycles. The van der Waals surface area contributed by atoms with Gasteiger partial charge in [-0.25, -0.2) is 0 Å². The lowest BCUT2D eigenvalue weighted by atomic mass is 9.92. The van der Waals surface area contributed by atoms with Crippen LogP contribution >= 0.6 is 0 Å². The fourth-order valence-corrected chi connectivity index (χ4v) is 3.50. The van der Waals surface area contributed by atoms with E-state index in [-0.39, 0.29) is 5.56 Å². The van der Waals surface area contributed by atoms with E-state index in [0.717, 1.165) is 22.6 Å². The number of alkyl halides is 2. The molecule has 0 atom stereocenters. The molecule has 0 fully saturated rings. The van der Waals surface area contributed by atoms with Gasteiger partial charge in [0.1, 0.15) is 5.75 Å². The lowest BCUT2D eigenvalue weighted by Gasteiger charge is -2.16. The summed E-state index contributed by atoms with van der Waals surface area (Å²) in [6.07, 6.45) is 0.766. The molecular formula is C27H20F2O2. The minimum atomic E-state index is -3.67. The molecule has 0 saturated carbocycles. The first-order valence-electron chi connectivity index (χ1n) is 9.82. The summed E-state index contributed by atoms with van der Waals surface area (Å²) in [5, 5.41) is 1.82. The maximum atomic E-state index is 15.1. The minimum absolute atomic E-state index is 0.0261. The van der Waals surface area contributed by atoms with Gasteiger partial charge in [-0.05, 0) is 45.7 Å². The Kier molecular flexibility index (Phi) is 5.63. The number of allylic oxidation sites excluding steroid dienone is 1. The van der Waals surface area contributed by atoms with Crippen molar-refractivity contribution in [2.45, 2.75) is 5.92 Å². The van der Waals surface area contributed by atoms with Crippen molar-refractivity contribution in [2.75, 3.05) is 7.11 Å². The highest BCUT2D eigenvalue weighted by Gasteiger charge is 2.37. The summed E-state index contributed by atoms with van der Waals surface area (Å²) in [6, 6.07) is 27.6. The monoisotopic (exact) mass is 414 g/mol. The number of hydrogen-bond donors (Lipinski definition) is 0. The van der Waals surface area contributed by atoms with Gasteiger partial charge in [-0.15, -0.1) is 0 Å². The maximum absolute atomic E-state index is 15.1. The Hall–Kier alpha value is -3.79. The third-order valence-electron chi connectivity index (χ3n) is 5.11. The van der Waals surface area contributed by atoms with Crippen molar-refractivity contribution in [1.29, 1.82) is 0 Å². The predicted octanol–water partition coefficient (Wildman–Crippen LogP) is 6.80. The third kappa shape index (κ3) is 4.38. The molecule has 4 rings (SSSR count). The highest BCUT2D eigenvalue weighted by Crippen LogP contribution is 2.33. The van der Waals surface area contributed by atoms with Gasteiger partial charge in [0, 0.05) is 11.6 Å². The second-order valence-electron chi connectivity index (χ2n) is 7.17. The summed E-state index contributed by atoms with van der Waals surface area (Å²) in [5.74, 6) is -4.17. The summed E-state index contributed by atoms with van der Waals surface area (Å²) in [7, 11) is 1.59. The molecule has 0 radical (unpaired) electrons. The number of ketones is 1. The van der Waals surface area contributed by atoms with Crippen LogP contribution in [0.15, 0.2) is 103 Å². The van der Waals surface area contributed by atoms with Gasteiger partial charge in [0.05, 0.1) is 7.11 Å². The van der Waals surface area contributed by atoms with E-state index in [9.17, 15) is 4.79 Å². The molecule has 0 aliphatic rings. The van der Waals surface area contributed by atoms with Crippen LogP contribution in [0.3, 0.4) is 0 Å². The van der Waals surface area contributed by atoms with Gasteiger partial charge in [-0.3, -0.25) is 4.79 Å². The van der Waals surface area contributed by atoms with E-state index in [1.54, 1.807) is 55.6 Å². The van der Waals surface area contributed by atoms with E-state index in [1.165, 1.54) is 12.1 Å². The van der Waals surface area contributed by atoms with Gasteiger partial charge in [0.25, 0.3) is 0 Å². The van der Waals surface area contributed by atoms with Crippen LogP contribution in [-0.2, 0) is 0 Å². The SMILES string of the molecule is COc1ccc2cc(/C(=C\C(F)(F)C(=O)c3ccccc3)c3ccccc3)ccc2c1. The lowest BCUT2D eigenvalue weighted by Crippen LogP contribution is -2.26. The molecule has 0 aliphatic carbocycles. The first-order valence-corrected chi connectivity index (χ1v) is 9.82. The molecule has 0 unspecified atom stereocenters. The summed E-state index contributed by atoms with van der Waals surface area (Å²) in [6.45, 7) is 0. The molecule has 0 spiro atoms. The highest BCUT2D eigenvalue weighted by molar-refractivity contribution is 6.04. The zero-order valence-electron chi connectivity index (χ0n) is 16.9. The smallest absolute Gasteiger partial charge is 0.329 e. The first kappa shape index (κ1) is 20.5. The Morgan fingerprint density at radius 2 is 1.32 bits per heavy atom. The van der Waals surface area contributed by atoms with Gasteiger partial charge in [0.15, 0.2) is 0 Å². The number of benzene rings is 4. The van der Waals surface area contributed by atoms with E-state index in [4.69, 9.17) is 4.74 Å². The molecule has 0 N–H and O–H groups in total. The largest absolute Gasteiger partial charge is 0.497 e. The van der Waals surface area contributed by atoms with E-state index in [2.05, 4.69) is 0 Å². The first-order chi connectivity index (χ1) is 15.0. The topological polar surface area (TPSA) is 26.3 Å². The van der Waals surface area contributed by atoms with Gasteiger partial charge in [0.2, 0.25) is 5.78 Å². The Labute approximate surface area is 179 Å². The standard InChI is InChI=1S/C27H20F2O2/c1-31-24-15-14-21-16-23(13-12-22(21)17-24)25(19-8-4-2-5-9-19)18-27(28,29)26(30)20-10-6-3-7-11-20/h2-18H,1H3/b25-18-. The summed E-state index contributed by atoms with van der Waals surface area (Å²) in [5.41, 5.74) is 1.48. The Bertz CT molecular complexity index is 1250.